The number of hydrogen-bond acceptors (Lipinski definition) is 5. The third kappa shape index (κ3) is 4.58. The average Bonchev–Trinajstić information content (AvgIpc) is 2.29. The van der Waals surface area contributed by atoms with E-state index >= 15 is 0 Å². The Morgan fingerprint density at radius 1 is 1.26 bits per heavy atom. The minimum Gasteiger partial charge on any atom is -0.406 e. The Morgan fingerprint density at radius 2 is 1.89 bits per heavy atom. The normalized spacial score (nSPS) is 15.1. The molecule has 0 aromatic heterocycles. The second kappa shape index (κ2) is 6.09. The molecule has 8 heteroatoms. The first kappa shape index (κ1) is 15.5. The van der Waals surface area contributed by atoms with E-state index in [0.29, 0.717) is 0 Å². The second-order valence-corrected chi connectivity index (χ2v) is 3.86. The van der Waals surface area contributed by atoms with Gasteiger partial charge in [0.05, 0.1) is 6.10 Å². The topological polar surface area (TPSA) is 95.9 Å². The molecule has 0 heterocycles. The van der Waals surface area contributed by atoms with Crippen LogP contribution in [0, 0.1) is 0 Å². The van der Waals surface area contributed by atoms with Crippen molar-refractivity contribution in [1.29, 1.82) is 0 Å². The molecule has 5 nitrogen and oxygen atoms in total. The van der Waals surface area contributed by atoms with Crippen LogP contribution in [0.5, 0.6) is 5.75 Å². The fraction of sp³-hybridized carbons (Fsp3) is 0.455. The fourth-order valence-electron chi connectivity index (χ4n) is 1.50. The maximum atomic E-state index is 12.1. The quantitative estimate of drug-likeness (QED) is 0.602. The molecule has 0 fully saturated rings. The molecule has 0 saturated carbocycles. The summed E-state index contributed by atoms with van der Waals surface area (Å²) in [5.41, 5.74) is 5.44. The van der Waals surface area contributed by atoms with E-state index in [1.165, 1.54) is 0 Å². The molecule has 1 aromatic carbocycles. The van der Waals surface area contributed by atoms with E-state index < -0.39 is 24.3 Å². The number of nitrogen functional groups attached to an aromatic ring is 1. The van der Waals surface area contributed by atoms with Crippen molar-refractivity contribution in [3.8, 4) is 5.75 Å². The van der Waals surface area contributed by atoms with Crippen LogP contribution in [-0.2, 0) is 0 Å². The van der Waals surface area contributed by atoms with E-state index in [1.54, 1.807) is 0 Å². The monoisotopic (exact) mass is 281 g/mol. The highest BCUT2D eigenvalue weighted by Crippen LogP contribution is 2.31. The van der Waals surface area contributed by atoms with Gasteiger partial charge in [0.25, 0.3) is 0 Å². The maximum Gasteiger partial charge on any atom is 0.573 e. The summed E-state index contributed by atoms with van der Waals surface area (Å²) in [5.74, 6) is -0.549. The summed E-state index contributed by atoms with van der Waals surface area (Å²) in [6, 6.07) is 3.02. The number of halogens is 3. The Hall–Kier alpha value is -1.51. The number of nitrogens with two attached hydrogens (primary N) is 1. The van der Waals surface area contributed by atoms with E-state index in [0.717, 1.165) is 18.2 Å². The number of aliphatic hydroxyl groups is 3. The first-order chi connectivity index (χ1) is 8.74. The first-order valence-corrected chi connectivity index (χ1v) is 5.36. The van der Waals surface area contributed by atoms with Gasteiger partial charge in [0, 0.05) is 17.9 Å². The molecule has 0 radical (unpaired) electrons. The zero-order valence-electron chi connectivity index (χ0n) is 9.76. The molecule has 0 aliphatic carbocycles. The Labute approximate surface area is 107 Å². The molecule has 5 N–H and O–H groups in total. The van der Waals surface area contributed by atoms with Crippen molar-refractivity contribution < 1.29 is 33.2 Å². The third-order valence-corrected chi connectivity index (χ3v) is 2.40. The van der Waals surface area contributed by atoms with Gasteiger partial charge in [-0.25, -0.2) is 0 Å². The van der Waals surface area contributed by atoms with Crippen molar-refractivity contribution in [3.05, 3.63) is 23.8 Å². The van der Waals surface area contributed by atoms with Gasteiger partial charge in [-0.15, -0.1) is 13.2 Å². The van der Waals surface area contributed by atoms with Crippen LogP contribution in [0.15, 0.2) is 18.2 Å². The van der Waals surface area contributed by atoms with Crippen LogP contribution in [0.2, 0.25) is 0 Å². The lowest BCUT2D eigenvalue weighted by atomic mass is 10.0. The van der Waals surface area contributed by atoms with Gasteiger partial charge in [-0.3, -0.25) is 0 Å². The maximum absolute atomic E-state index is 12.1. The summed E-state index contributed by atoms with van der Waals surface area (Å²) >= 11 is 0. The highest BCUT2D eigenvalue weighted by molar-refractivity contribution is 5.52. The van der Waals surface area contributed by atoms with Gasteiger partial charge in [0.2, 0.25) is 0 Å². The van der Waals surface area contributed by atoms with E-state index in [9.17, 15) is 23.4 Å². The lowest BCUT2D eigenvalue weighted by Crippen LogP contribution is -2.21. The van der Waals surface area contributed by atoms with E-state index in [-0.39, 0.29) is 24.3 Å². The summed E-state index contributed by atoms with van der Waals surface area (Å²) in [4.78, 5) is 0. The Balaban J connectivity index is 2.96. The van der Waals surface area contributed by atoms with Crippen LogP contribution >= 0.6 is 0 Å². The Morgan fingerprint density at radius 3 is 2.42 bits per heavy atom. The van der Waals surface area contributed by atoms with Crippen LogP contribution in [0.4, 0.5) is 18.9 Å². The van der Waals surface area contributed by atoms with E-state index in [1.807, 2.05) is 0 Å². The van der Waals surface area contributed by atoms with Crippen LogP contribution < -0.4 is 10.5 Å². The number of anilines is 1. The number of alkyl halides is 3. The summed E-state index contributed by atoms with van der Waals surface area (Å²) in [7, 11) is 0. The minimum absolute atomic E-state index is 0.0130. The highest BCUT2D eigenvalue weighted by atomic mass is 19.4. The van der Waals surface area contributed by atoms with Crippen LogP contribution in [0.1, 0.15) is 18.1 Å². The van der Waals surface area contributed by atoms with Crippen molar-refractivity contribution >= 4 is 5.69 Å². The SMILES string of the molecule is Nc1ccc(OC(F)(F)F)cc1C(O)C(O)CCO. The molecule has 108 valence electrons. The molecule has 0 bridgehead atoms. The van der Waals surface area contributed by atoms with Crippen molar-refractivity contribution in [2.24, 2.45) is 0 Å². The smallest absolute Gasteiger partial charge is 0.406 e. The lowest BCUT2D eigenvalue weighted by molar-refractivity contribution is -0.274. The van der Waals surface area contributed by atoms with Crippen LogP contribution in [-0.4, -0.2) is 34.4 Å². The highest BCUT2D eigenvalue weighted by Gasteiger charge is 2.31. The Bertz CT molecular complexity index is 425. The number of benzene rings is 1. The molecule has 1 aromatic rings. The summed E-state index contributed by atoms with van der Waals surface area (Å²) < 4.78 is 39.9. The Kier molecular flexibility index (Phi) is 4.98. The predicted molar refractivity (Wildman–Crippen MR) is 60.2 cm³/mol. The molecule has 0 amide bonds. The third-order valence-electron chi connectivity index (χ3n) is 2.40. The lowest BCUT2D eigenvalue weighted by Gasteiger charge is -2.20. The number of rotatable bonds is 5. The van der Waals surface area contributed by atoms with Gasteiger partial charge in [-0.1, -0.05) is 0 Å². The van der Waals surface area contributed by atoms with Gasteiger partial charge in [-0.2, -0.15) is 0 Å². The first-order valence-electron chi connectivity index (χ1n) is 5.36. The van der Waals surface area contributed by atoms with Crippen LogP contribution in [0.25, 0.3) is 0 Å². The van der Waals surface area contributed by atoms with Gasteiger partial charge in [0.1, 0.15) is 11.9 Å². The van der Waals surface area contributed by atoms with Crippen molar-refractivity contribution in [1.82, 2.24) is 0 Å². The molecular formula is C11H14F3NO4. The standard InChI is InChI=1S/C11H14F3NO4/c12-11(13,14)19-6-1-2-8(15)7(5-6)10(18)9(17)3-4-16/h1-2,5,9-10,16-18H,3-4,15H2. The second-order valence-electron chi connectivity index (χ2n) is 3.86. The van der Waals surface area contributed by atoms with E-state index in [4.69, 9.17) is 10.8 Å². The van der Waals surface area contributed by atoms with Gasteiger partial charge in [-0.05, 0) is 24.6 Å². The van der Waals surface area contributed by atoms with Crippen molar-refractivity contribution in [3.63, 3.8) is 0 Å². The minimum atomic E-state index is -4.86. The van der Waals surface area contributed by atoms with Gasteiger partial charge < -0.3 is 25.8 Å². The predicted octanol–water partition coefficient (Wildman–Crippen LogP) is 0.944. The number of ether oxygens (including phenoxy) is 1. The molecule has 1 rings (SSSR count). The summed E-state index contributed by atoms with van der Waals surface area (Å²) in [6.07, 6.45) is -7.84. The van der Waals surface area contributed by atoms with E-state index in [2.05, 4.69) is 4.74 Å². The zero-order chi connectivity index (χ0) is 14.6. The summed E-state index contributed by atoms with van der Waals surface area (Å²) in [6.45, 7) is -0.378. The molecule has 2 atom stereocenters. The molecule has 2 unspecified atom stereocenters. The molecular weight excluding hydrogens is 267 g/mol. The van der Waals surface area contributed by atoms with Gasteiger partial charge in [0.15, 0.2) is 0 Å². The molecule has 0 aliphatic heterocycles. The fourth-order valence-corrected chi connectivity index (χ4v) is 1.50. The summed E-state index contributed by atoms with van der Waals surface area (Å²) in [5, 5.41) is 27.9. The molecule has 0 spiro atoms. The molecule has 19 heavy (non-hydrogen) atoms. The largest absolute Gasteiger partial charge is 0.573 e. The number of hydrogen-bond donors (Lipinski definition) is 4. The van der Waals surface area contributed by atoms with Crippen LogP contribution in [0.3, 0.4) is 0 Å². The molecule has 0 aliphatic rings. The van der Waals surface area contributed by atoms with Gasteiger partial charge >= 0.3 is 6.36 Å². The zero-order valence-corrected chi connectivity index (χ0v) is 9.76. The average molecular weight is 281 g/mol. The molecule has 0 saturated heterocycles. The van der Waals surface area contributed by atoms with Crippen molar-refractivity contribution in [2.75, 3.05) is 12.3 Å². The number of aliphatic hydroxyl groups excluding tert-OH is 3. The van der Waals surface area contributed by atoms with Crippen molar-refractivity contribution in [2.45, 2.75) is 25.0 Å².